The average Bonchev–Trinajstić information content (AvgIpc) is 2.65. The number of fused-ring (bicyclic) bond motifs is 1. The van der Waals surface area contributed by atoms with Crippen LogP contribution in [0.1, 0.15) is 30.4 Å². The Morgan fingerprint density at radius 2 is 2.22 bits per heavy atom. The predicted molar refractivity (Wildman–Crippen MR) is 71.0 cm³/mol. The first-order valence-corrected chi connectivity index (χ1v) is 6.81. The second-order valence-corrected chi connectivity index (χ2v) is 5.53. The van der Waals surface area contributed by atoms with Crippen LogP contribution in [0.5, 0.6) is 0 Å². The first-order chi connectivity index (χ1) is 8.72. The second-order valence-electron chi connectivity index (χ2n) is 5.53. The van der Waals surface area contributed by atoms with E-state index in [1.807, 2.05) is 6.07 Å². The van der Waals surface area contributed by atoms with E-state index in [1.54, 1.807) is 0 Å². The Balaban J connectivity index is 1.77. The quantitative estimate of drug-likeness (QED) is 0.886. The Morgan fingerprint density at radius 1 is 1.39 bits per heavy atom. The van der Waals surface area contributed by atoms with Crippen molar-refractivity contribution < 1.29 is 9.90 Å². The summed E-state index contributed by atoms with van der Waals surface area (Å²) in [7, 11) is 0. The van der Waals surface area contributed by atoms with E-state index >= 15 is 0 Å². The minimum atomic E-state index is -0.751. The normalized spacial score (nSPS) is 18.6. The molecule has 0 bridgehead atoms. The molecule has 1 saturated carbocycles. The van der Waals surface area contributed by atoms with Crippen molar-refractivity contribution in [2.45, 2.75) is 32.1 Å². The van der Waals surface area contributed by atoms with Crippen LogP contribution >= 0.6 is 0 Å². The Kier molecular flexibility index (Phi) is 2.98. The van der Waals surface area contributed by atoms with Crippen molar-refractivity contribution in [2.75, 3.05) is 18.0 Å². The van der Waals surface area contributed by atoms with Crippen LogP contribution in [-0.4, -0.2) is 24.2 Å². The summed E-state index contributed by atoms with van der Waals surface area (Å²) in [6.45, 7) is 2.26. The Labute approximate surface area is 107 Å². The molecule has 0 amide bonds. The van der Waals surface area contributed by atoms with E-state index in [4.69, 9.17) is 5.11 Å². The maximum absolute atomic E-state index is 10.8. The maximum atomic E-state index is 10.8. The number of nitrogens with zero attached hydrogens (tertiary/aromatic N) is 1. The molecule has 0 saturated heterocycles. The van der Waals surface area contributed by atoms with E-state index < -0.39 is 5.97 Å². The smallest absolute Gasteiger partial charge is 0.307 e. The second kappa shape index (κ2) is 4.63. The molecule has 3 nitrogen and oxygen atoms in total. The number of carboxylic acids is 1. The van der Waals surface area contributed by atoms with Gasteiger partial charge in [-0.25, -0.2) is 0 Å². The van der Waals surface area contributed by atoms with Gasteiger partial charge >= 0.3 is 5.97 Å². The number of hydrogen-bond acceptors (Lipinski definition) is 2. The topological polar surface area (TPSA) is 40.5 Å². The van der Waals surface area contributed by atoms with Crippen LogP contribution in [0.3, 0.4) is 0 Å². The van der Waals surface area contributed by atoms with Crippen molar-refractivity contribution in [3.05, 3.63) is 29.3 Å². The van der Waals surface area contributed by atoms with Crippen molar-refractivity contribution >= 4 is 11.7 Å². The van der Waals surface area contributed by atoms with Crippen LogP contribution in [0.4, 0.5) is 5.69 Å². The summed E-state index contributed by atoms with van der Waals surface area (Å²) in [5, 5.41) is 8.86. The fourth-order valence-corrected chi connectivity index (χ4v) is 2.95. The molecule has 0 radical (unpaired) electrons. The zero-order valence-corrected chi connectivity index (χ0v) is 10.6. The monoisotopic (exact) mass is 245 g/mol. The number of carbonyl (C=O) groups is 1. The summed E-state index contributed by atoms with van der Waals surface area (Å²) in [6.07, 6.45) is 5.34. The molecule has 2 aliphatic rings. The van der Waals surface area contributed by atoms with Crippen molar-refractivity contribution in [3.8, 4) is 0 Å². The van der Waals surface area contributed by atoms with Crippen molar-refractivity contribution in [3.63, 3.8) is 0 Å². The lowest BCUT2D eigenvalue weighted by atomic mass is 9.85. The molecule has 0 spiro atoms. The van der Waals surface area contributed by atoms with E-state index in [0.717, 1.165) is 31.0 Å². The molecule has 0 atom stereocenters. The molecule has 1 aromatic carbocycles. The third-order valence-corrected chi connectivity index (χ3v) is 4.20. The highest BCUT2D eigenvalue weighted by atomic mass is 16.4. The highest BCUT2D eigenvalue weighted by Crippen LogP contribution is 2.34. The number of carboxylic acid groups (broad SMARTS) is 1. The number of rotatable bonds is 4. The van der Waals surface area contributed by atoms with E-state index in [1.165, 1.54) is 30.5 Å². The van der Waals surface area contributed by atoms with Crippen LogP contribution in [0.15, 0.2) is 18.2 Å². The fraction of sp³-hybridized carbons (Fsp3) is 0.533. The Bertz CT molecular complexity index is 466. The van der Waals surface area contributed by atoms with E-state index in [0.29, 0.717) is 0 Å². The molecule has 1 aromatic rings. The van der Waals surface area contributed by atoms with Gasteiger partial charge in [0, 0.05) is 18.8 Å². The zero-order chi connectivity index (χ0) is 12.5. The van der Waals surface area contributed by atoms with E-state index in [9.17, 15) is 4.79 Å². The summed E-state index contributed by atoms with van der Waals surface area (Å²) < 4.78 is 0. The summed E-state index contributed by atoms with van der Waals surface area (Å²) in [5.41, 5.74) is 3.57. The van der Waals surface area contributed by atoms with Gasteiger partial charge < -0.3 is 10.0 Å². The van der Waals surface area contributed by atoms with E-state index in [-0.39, 0.29) is 6.42 Å². The van der Waals surface area contributed by atoms with Gasteiger partial charge in [0.2, 0.25) is 0 Å². The highest BCUT2D eigenvalue weighted by Gasteiger charge is 2.25. The van der Waals surface area contributed by atoms with Crippen molar-refractivity contribution in [1.29, 1.82) is 0 Å². The molecule has 0 aromatic heterocycles. The Hall–Kier alpha value is -1.51. The molecule has 1 N–H and O–H groups in total. The number of aliphatic carboxylic acids is 1. The largest absolute Gasteiger partial charge is 0.481 e. The van der Waals surface area contributed by atoms with E-state index in [2.05, 4.69) is 17.0 Å². The molecule has 18 heavy (non-hydrogen) atoms. The van der Waals surface area contributed by atoms with Gasteiger partial charge in [-0.15, -0.1) is 0 Å². The SMILES string of the molecule is O=C(O)Cc1ccc2c(c1)N(CC1CCC1)CC2. The lowest BCUT2D eigenvalue weighted by molar-refractivity contribution is -0.136. The summed E-state index contributed by atoms with van der Waals surface area (Å²) in [5.74, 6) is 0.109. The standard InChI is InChI=1S/C15H19NO2/c17-15(18)9-12-4-5-13-6-7-16(14(13)8-12)10-11-2-1-3-11/h4-5,8,11H,1-3,6-7,9-10H2,(H,17,18). The van der Waals surface area contributed by atoms with Gasteiger partial charge in [0.1, 0.15) is 0 Å². The number of hydrogen-bond donors (Lipinski definition) is 1. The first-order valence-electron chi connectivity index (χ1n) is 6.81. The molecule has 1 fully saturated rings. The molecular formula is C15H19NO2. The molecule has 96 valence electrons. The van der Waals surface area contributed by atoms with Gasteiger partial charge in [-0.3, -0.25) is 4.79 Å². The van der Waals surface area contributed by atoms with Crippen molar-refractivity contribution in [2.24, 2.45) is 5.92 Å². The summed E-state index contributed by atoms with van der Waals surface area (Å²) in [4.78, 5) is 13.2. The minimum absolute atomic E-state index is 0.130. The maximum Gasteiger partial charge on any atom is 0.307 e. The van der Waals surface area contributed by atoms with Crippen LogP contribution < -0.4 is 4.90 Å². The third-order valence-electron chi connectivity index (χ3n) is 4.20. The van der Waals surface area contributed by atoms with Crippen molar-refractivity contribution in [1.82, 2.24) is 0 Å². The van der Waals surface area contributed by atoms with Gasteiger partial charge in [0.15, 0.2) is 0 Å². The van der Waals surface area contributed by atoms with Crippen LogP contribution in [0.25, 0.3) is 0 Å². The van der Waals surface area contributed by atoms with Gasteiger partial charge in [-0.05, 0) is 42.4 Å². The van der Waals surface area contributed by atoms with Gasteiger partial charge in [0.05, 0.1) is 6.42 Å². The number of anilines is 1. The predicted octanol–water partition coefficient (Wildman–Crippen LogP) is 2.48. The van der Waals surface area contributed by atoms with Crippen LogP contribution in [0, 0.1) is 5.92 Å². The molecule has 1 heterocycles. The third kappa shape index (κ3) is 2.22. The fourth-order valence-electron chi connectivity index (χ4n) is 2.95. The Morgan fingerprint density at radius 3 is 2.89 bits per heavy atom. The summed E-state index contributed by atoms with van der Waals surface area (Å²) in [6, 6.07) is 6.14. The minimum Gasteiger partial charge on any atom is -0.481 e. The molecule has 1 aliphatic carbocycles. The highest BCUT2D eigenvalue weighted by molar-refractivity contribution is 5.71. The molecule has 3 rings (SSSR count). The lowest BCUT2D eigenvalue weighted by Crippen LogP contribution is -2.31. The zero-order valence-electron chi connectivity index (χ0n) is 10.6. The molecule has 1 aliphatic heterocycles. The van der Waals surface area contributed by atoms with Gasteiger partial charge in [-0.1, -0.05) is 18.6 Å². The number of benzene rings is 1. The molecular weight excluding hydrogens is 226 g/mol. The average molecular weight is 245 g/mol. The molecule has 0 unspecified atom stereocenters. The van der Waals surface area contributed by atoms with Gasteiger partial charge in [-0.2, -0.15) is 0 Å². The molecule has 3 heteroatoms. The summed E-state index contributed by atoms with van der Waals surface area (Å²) >= 11 is 0. The first kappa shape index (κ1) is 11.6. The van der Waals surface area contributed by atoms with Crippen LogP contribution in [0.2, 0.25) is 0 Å². The lowest BCUT2D eigenvalue weighted by Gasteiger charge is -2.31. The van der Waals surface area contributed by atoms with Gasteiger partial charge in [0.25, 0.3) is 0 Å². The van der Waals surface area contributed by atoms with Crippen LogP contribution in [-0.2, 0) is 17.6 Å².